The molecule has 2 heterocycles. The molecule has 1 atom stereocenters. The monoisotopic (exact) mass is 435 g/mol. The number of nitrogens with zero attached hydrogens (tertiary/aromatic N) is 4. The minimum absolute atomic E-state index is 0.0783. The van der Waals surface area contributed by atoms with Crippen molar-refractivity contribution in [3.05, 3.63) is 39.5 Å². The number of hydrogen-bond donors (Lipinski definition) is 2. The number of nitrogens with one attached hydrogen (secondary N) is 1. The summed E-state index contributed by atoms with van der Waals surface area (Å²) >= 11 is 0. The number of aromatic nitrogens is 2. The lowest BCUT2D eigenvalue weighted by Gasteiger charge is -2.34. The molecule has 1 fully saturated rings. The first-order valence-corrected chi connectivity index (χ1v) is 10.5. The van der Waals surface area contributed by atoms with Gasteiger partial charge in [-0.1, -0.05) is 13.8 Å². The van der Waals surface area contributed by atoms with Crippen LogP contribution in [-0.4, -0.2) is 66.5 Å². The highest BCUT2D eigenvalue weighted by Gasteiger charge is 2.30. The van der Waals surface area contributed by atoms with Gasteiger partial charge in [0.05, 0.1) is 28.5 Å². The van der Waals surface area contributed by atoms with Crippen LogP contribution in [0, 0.1) is 28.8 Å². The van der Waals surface area contributed by atoms with Crippen LogP contribution < -0.4 is 14.6 Å². The Balaban J connectivity index is 2.06. The van der Waals surface area contributed by atoms with Crippen molar-refractivity contribution >= 4 is 22.6 Å². The summed E-state index contributed by atoms with van der Waals surface area (Å²) in [6, 6.07) is 1.84. The van der Waals surface area contributed by atoms with Crippen LogP contribution in [0.15, 0.2) is 12.1 Å². The van der Waals surface area contributed by atoms with E-state index in [0.717, 1.165) is 19.2 Å². The summed E-state index contributed by atoms with van der Waals surface area (Å²) in [4.78, 5) is 29.9. The van der Waals surface area contributed by atoms with Crippen molar-refractivity contribution in [1.29, 1.82) is 0 Å². The van der Waals surface area contributed by atoms with Crippen molar-refractivity contribution in [2.45, 2.75) is 33.2 Å². The molecule has 9 nitrogen and oxygen atoms in total. The Morgan fingerprint density at radius 2 is 1.94 bits per heavy atom. The largest absolute Gasteiger partial charge is 0.805 e. The van der Waals surface area contributed by atoms with Crippen LogP contribution in [0.2, 0.25) is 0 Å². The zero-order valence-corrected chi connectivity index (χ0v) is 18.4. The maximum absolute atomic E-state index is 14.8. The summed E-state index contributed by atoms with van der Waals surface area (Å²) in [5, 5.41) is 24.9. The van der Waals surface area contributed by atoms with E-state index in [9.17, 15) is 24.4 Å². The van der Waals surface area contributed by atoms with Gasteiger partial charge in [-0.05, 0) is 26.3 Å². The molecule has 31 heavy (non-hydrogen) atoms. The summed E-state index contributed by atoms with van der Waals surface area (Å²) in [5.74, 6) is -1.12. The molecule has 1 aromatic heterocycles. The van der Waals surface area contributed by atoms with Crippen LogP contribution in [0.1, 0.15) is 36.5 Å². The molecule has 3 rings (SSSR count). The average Bonchev–Trinajstić information content (AvgIpc) is 2.72. The smallest absolute Gasteiger partial charge is 0.346 e. The number of likely N-dealkylation sites (N-methyl/N-ethyl adjacent to an activating group) is 1. The molecule has 2 aromatic rings. The van der Waals surface area contributed by atoms with E-state index >= 15 is 0 Å². The van der Waals surface area contributed by atoms with Crippen molar-refractivity contribution in [2.24, 2.45) is 5.92 Å². The molecule has 1 aromatic carbocycles. The zero-order valence-electron chi connectivity index (χ0n) is 18.4. The van der Waals surface area contributed by atoms with Gasteiger partial charge in [-0.2, -0.15) is 0 Å². The van der Waals surface area contributed by atoms with E-state index in [-0.39, 0.29) is 40.6 Å². The highest BCUT2D eigenvalue weighted by Crippen LogP contribution is 2.26. The summed E-state index contributed by atoms with van der Waals surface area (Å²) in [6.07, 6.45) is 0.518. The van der Waals surface area contributed by atoms with Crippen LogP contribution in [0.25, 0.3) is 11.0 Å². The quantitative estimate of drug-likeness (QED) is 0.661. The van der Waals surface area contributed by atoms with E-state index in [1.165, 1.54) is 13.0 Å². The summed E-state index contributed by atoms with van der Waals surface area (Å²) < 4.78 is 15.6. The Labute approximate surface area is 180 Å². The predicted octanol–water partition coefficient (Wildman–Crippen LogP) is 1.24. The van der Waals surface area contributed by atoms with Gasteiger partial charge in [0, 0.05) is 43.2 Å². The van der Waals surface area contributed by atoms with E-state index in [1.807, 2.05) is 25.8 Å². The number of rotatable bonds is 6. The number of carbonyl (C=O) groups excluding carboxylic acids is 1. The number of benzene rings is 1. The van der Waals surface area contributed by atoms with Crippen molar-refractivity contribution < 1.29 is 18.7 Å². The molecule has 1 aliphatic heterocycles. The SMILES string of the molecule is Cc1c(C(=O)NC(CO)CC(C)C)[n+](=O)c2cc(N3CCN(C)CC3)c(F)cc2n1[O-]. The second-order valence-electron chi connectivity index (χ2n) is 8.59. The van der Waals surface area contributed by atoms with Crippen molar-refractivity contribution in [1.82, 2.24) is 14.9 Å². The summed E-state index contributed by atoms with van der Waals surface area (Å²) in [7, 11) is 1.98. The van der Waals surface area contributed by atoms with Crippen molar-refractivity contribution in [2.75, 3.05) is 44.7 Å². The van der Waals surface area contributed by atoms with E-state index in [2.05, 4.69) is 10.2 Å². The van der Waals surface area contributed by atoms with Gasteiger partial charge in [0.1, 0.15) is 11.3 Å². The van der Waals surface area contributed by atoms with Crippen molar-refractivity contribution in [3.8, 4) is 0 Å². The molecule has 1 amide bonds. The number of piperazine rings is 1. The lowest BCUT2D eigenvalue weighted by Crippen LogP contribution is -2.45. The Morgan fingerprint density at radius 1 is 1.29 bits per heavy atom. The lowest BCUT2D eigenvalue weighted by atomic mass is 10.0. The third kappa shape index (κ3) is 4.64. The average molecular weight is 436 g/mol. The molecule has 1 saturated heterocycles. The zero-order chi connectivity index (χ0) is 22.9. The van der Waals surface area contributed by atoms with Gasteiger partial charge in [0.2, 0.25) is 0 Å². The second kappa shape index (κ2) is 9.19. The Bertz CT molecular complexity index is 1030. The number of amides is 1. The molecule has 1 unspecified atom stereocenters. The fraction of sp³-hybridized carbons (Fsp3) is 0.571. The van der Waals surface area contributed by atoms with Gasteiger partial charge in [0.15, 0.2) is 0 Å². The van der Waals surface area contributed by atoms with Crippen molar-refractivity contribution in [3.63, 3.8) is 0 Å². The number of halogens is 1. The first-order chi connectivity index (χ1) is 14.6. The Hall–Kier alpha value is -2.72. The fourth-order valence-electron chi connectivity index (χ4n) is 3.96. The molecule has 2 N–H and O–H groups in total. The number of aliphatic hydroxyl groups is 1. The Morgan fingerprint density at radius 3 is 2.52 bits per heavy atom. The number of carbonyl (C=O) groups is 1. The number of fused-ring (bicyclic) bond motifs is 1. The molecule has 0 saturated carbocycles. The van der Waals surface area contributed by atoms with E-state index in [4.69, 9.17) is 0 Å². The normalized spacial score (nSPS) is 16.2. The Kier molecular flexibility index (Phi) is 6.80. The number of hydrogen-bond acceptors (Lipinski definition) is 6. The minimum atomic E-state index is -0.746. The first-order valence-electron chi connectivity index (χ1n) is 10.5. The van der Waals surface area contributed by atoms with Gasteiger partial charge in [-0.3, -0.25) is 4.79 Å². The van der Waals surface area contributed by atoms with E-state index in [0.29, 0.717) is 28.7 Å². The van der Waals surface area contributed by atoms with Crippen LogP contribution >= 0.6 is 0 Å². The van der Waals surface area contributed by atoms with Gasteiger partial charge < -0.3 is 30.2 Å². The maximum Gasteiger partial charge on any atom is 0.346 e. The highest BCUT2D eigenvalue weighted by atomic mass is 19.1. The fourth-order valence-corrected chi connectivity index (χ4v) is 3.96. The molecule has 0 bridgehead atoms. The minimum Gasteiger partial charge on any atom is -0.805 e. The third-order valence-electron chi connectivity index (χ3n) is 5.70. The molecule has 10 heteroatoms. The first kappa shape index (κ1) is 23.0. The topological polar surface area (TPSA) is 107 Å². The molecule has 1 aliphatic rings. The van der Waals surface area contributed by atoms with Gasteiger partial charge >= 0.3 is 11.6 Å². The standard InChI is InChI=1S/C21H30FN5O4/c1-13(2)9-15(12-28)23-21(29)20-14(3)26(30)18-10-16(22)17(11-19(18)27(20)31)25-7-5-24(4)6-8-25/h10-11,13,15,28H,5-9,12H2,1-4H3,(H,23,29). The molecular formula is C21H30FN5O4. The van der Waals surface area contributed by atoms with E-state index in [1.54, 1.807) is 0 Å². The van der Waals surface area contributed by atoms with Crippen LogP contribution in [0.4, 0.5) is 10.1 Å². The number of aliphatic hydroxyl groups excluding tert-OH is 1. The van der Waals surface area contributed by atoms with Crippen LogP contribution in [0.3, 0.4) is 0 Å². The summed E-state index contributed by atoms with van der Waals surface area (Å²) in [5.41, 5.74) is -0.479. The van der Waals surface area contributed by atoms with Gasteiger partial charge in [-0.25, -0.2) is 4.39 Å². The highest BCUT2D eigenvalue weighted by molar-refractivity contribution is 5.93. The molecule has 0 aliphatic carbocycles. The third-order valence-corrected chi connectivity index (χ3v) is 5.70. The van der Waals surface area contributed by atoms with Crippen LogP contribution in [-0.2, 0) is 0 Å². The molecule has 0 spiro atoms. The molecular weight excluding hydrogens is 405 g/mol. The molecule has 170 valence electrons. The maximum atomic E-state index is 14.8. The van der Waals surface area contributed by atoms with Gasteiger partial charge in [-0.15, -0.1) is 0 Å². The van der Waals surface area contributed by atoms with E-state index < -0.39 is 17.8 Å². The summed E-state index contributed by atoms with van der Waals surface area (Å²) in [6.45, 7) is 7.62. The molecule has 0 radical (unpaired) electrons. The lowest BCUT2D eigenvalue weighted by molar-refractivity contribution is -0.468. The van der Waals surface area contributed by atoms with Crippen LogP contribution in [0.5, 0.6) is 0 Å². The second-order valence-corrected chi connectivity index (χ2v) is 8.59. The van der Waals surface area contributed by atoms with Gasteiger partial charge in [0.25, 0.3) is 5.52 Å². The predicted molar refractivity (Wildman–Crippen MR) is 116 cm³/mol. The number of anilines is 1.